The van der Waals surface area contributed by atoms with Gasteiger partial charge in [0.15, 0.2) is 0 Å². The van der Waals surface area contributed by atoms with Gasteiger partial charge in [-0.05, 0) is 0 Å². The Morgan fingerprint density at radius 2 is 1.30 bits per heavy atom. The maximum atomic E-state index is 10.7. The van der Waals surface area contributed by atoms with E-state index in [1.54, 1.807) is 0 Å². The van der Waals surface area contributed by atoms with E-state index in [4.69, 9.17) is 13.0 Å². The molecule has 0 radical (unpaired) electrons. The molecule has 0 aromatic rings. The first-order valence-corrected chi connectivity index (χ1v) is 2.73. The summed E-state index contributed by atoms with van der Waals surface area (Å²) in [5.74, 6) is 0. The third-order valence-corrected chi connectivity index (χ3v) is 0.877. The van der Waals surface area contributed by atoms with Gasteiger partial charge < -0.3 is 7.43 Å². The molecule has 0 aliphatic rings. The fraction of sp³-hybridized carbons (Fsp3) is 0.500. The zero-order valence-corrected chi connectivity index (χ0v) is 6.12. The van der Waals surface area contributed by atoms with Gasteiger partial charge >= 0.3 is 34.5 Å². The predicted octanol–water partition coefficient (Wildman–Crippen LogP) is -2.15. The maximum absolute atomic E-state index is 10.7. The fourth-order valence-electron chi connectivity index (χ4n) is 0. The Bertz CT molecular complexity index is 171. The molecule has 0 rings (SSSR count). The SMILES string of the molecule is O=S(=O)(O)C(F)(F)F.[CH3-].[Li+]. The van der Waals surface area contributed by atoms with E-state index >= 15 is 0 Å². The molecule has 0 aliphatic carbocycles. The summed E-state index contributed by atoms with van der Waals surface area (Å²) in [6, 6.07) is 0. The summed E-state index contributed by atoms with van der Waals surface area (Å²) in [5.41, 5.74) is -5.53. The number of hydrogen-bond acceptors (Lipinski definition) is 2. The predicted molar refractivity (Wildman–Crippen MR) is 24.0 cm³/mol. The third kappa shape index (κ3) is 5.11. The van der Waals surface area contributed by atoms with Crippen LogP contribution in [0.3, 0.4) is 0 Å². The zero-order valence-electron chi connectivity index (χ0n) is 5.31. The van der Waals surface area contributed by atoms with Crippen molar-refractivity contribution in [1.29, 1.82) is 0 Å². The number of hydrogen-bond donors (Lipinski definition) is 1. The Morgan fingerprint density at radius 1 is 1.20 bits per heavy atom. The van der Waals surface area contributed by atoms with Crippen molar-refractivity contribution < 1.29 is 45.0 Å². The van der Waals surface area contributed by atoms with Crippen LogP contribution in [0, 0.1) is 7.43 Å². The van der Waals surface area contributed by atoms with Crippen LogP contribution in [0.25, 0.3) is 0 Å². The van der Waals surface area contributed by atoms with Crippen molar-refractivity contribution in [1.82, 2.24) is 0 Å². The summed E-state index contributed by atoms with van der Waals surface area (Å²) in [5, 5.41) is 0. The Hall–Kier alpha value is 0.297. The second kappa shape index (κ2) is 4.23. The van der Waals surface area contributed by atoms with Crippen LogP contribution < -0.4 is 18.9 Å². The molecule has 0 aromatic heterocycles. The molecular weight excluding hydrogens is 168 g/mol. The van der Waals surface area contributed by atoms with Crippen LogP contribution in [0.15, 0.2) is 0 Å². The summed E-state index contributed by atoms with van der Waals surface area (Å²) >= 11 is 0. The van der Waals surface area contributed by atoms with Crippen LogP contribution in [-0.2, 0) is 10.1 Å². The van der Waals surface area contributed by atoms with E-state index in [-0.39, 0.29) is 26.3 Å². The Labute approximate surface area is 68.5 Å². The van der Waals surface area contributed by atoms with Crippen molar-refractivity contribution in [3.05, 3.63) is 7.43 Å². The summed E-state index contributed by atoms with van der Waals surface area (Å²) in [6.07, 6.45) is 0. The van der Waals surface area contributed by atoms with E-state index in [1.807, 2.05) is 0 Å². The largest absolute Gasteiger partial charge is 1.00 e. The molecule has 10 heavy (non-hydrogen) atoms. The summed E-state index contributed by atoms with van der Waals surface area (Å²) in [6.45, 7) is 0. The van der Waals surface area contributed by atoms with Crippen LogP contribution in [0.5, 0.6) is 0 Å². The molecule has 8 heteroatoms. The minimum Gasteiger partial charge on any atom is -0.358 e. The Balaban J connectivity index is -0.000000245. The topological polar surface area (TPSA) is 54.4 Å². The summed E-state index contributed by atoms with van der Waals surface area (Å²) in [7, 11) is -5.84. The van der Waals surface area contributed by atoms with Gasteiger partial charge in [-0.3, -0.25) is 4.55 Å². The molecule has 0 spiro atoms. The first kappa shape index (κ1) is 16.7. The van der Waals surface area contributed by atoms with Gasteiger partial charge in [-0.25, -0.2) is 0 Å². The van der Waals surface area contributed by atoms with Gasteiger partial charge in [0.1, 0.15) is 0 Å². The molecule has 0 saturated heterocycles. The van der Waals surface area contributed by atoms with Gasteiger partial charge in [0.05, 0.1) is 0 Å². The summed E-state index contributed by atoms with van der Waals surface area (Å²) in [4.78, 5) is 0. The Kier molecular flexibility index (Phi) is 7.08. The molecule has 0 saturated carbocycles. The molecule has 3 nitrogen and oxygen atoms in total. The molecule has 0 aromatic carbocycles. The van der Waals surface area contributed by atoms with Crippen LogP contribution in [0.4, 0.5) is 13.2 Å². The molecular formula is C2H4F3LiO3S. The van der Waals surface area contributed by atoms with Crippen LogP contribution in [-0.4, -0.2) is 18.5 Å². The zero-order chi connectivity index (χ0) is 7.00. The van der Waals surface area contributed by atoms with Crippen molar-refractivity contribution in [3.63, 3.8) is 0 Å². The average molecular weight is 172 g/mol. The molecule has 0 atom stereocenters. The second-order valence-corrected chi connectivity index (χ2v) is 2.33. The number of rotatable bonds is 0. The average Bonchev–Trinajstić information content (AvgIpc) is 1.25. The quantitative estimate of drug-likeness (QED) is 0.196. The van der Waals surface area contributed by atoms with Crippen LogP contribution >= 0.6 is 0 Å². The van der Waals surface area contributed by atoms with Gasteiger partial charge in [0.25, 0.3) is 0 Å². The van der Waals surface area contributed by atoms with E-state index in [0.717, 1.165) is 0 Å². The molecule has 0 bridgehead atoms. The van der Waals surface area contributed by atoms with Gasteiger partial charge in [-0.15, -0.1) is 0 Å². The number of alkyl halides is 3. The Morgan fingerprint density at radius 3 is 1.30 bits per heavy atom. The van der Waals surface area contributed by atoms with E-state index in [9.17, 15) is 13.2 Å². The number of halogens is 3. The van der Waals surface area contributed by atoms with Gasteiger partial charge in [-0.2, -0.15) is 21.6 Å². The monoisotopic (exact) mass is 172 g/mol. The first-order chi connectivity index (χ1) is 3.25. The molecule has 58 valence electrons. The van der Waals surface area contributed by atoms with Crippen molar-refractivity contribution >= 4 is 10.1 Å². The maximum Gasteiger partial charge on any atom is 1.00 e. The minimum atomic E-state index is -5.84. The molecule has 0 aliphatic heterocycles. The normalized spacial score (nSPS) is 11.2. The molecule has 0 unspecified atom stereocenters. The molecule has 0 heterocycles. The van der Waals surface area contributed by atoms with Gasteiger partial charge in [-0.1, -0.05) is 0 Å². The van der Waals surface area contributed by atoms with Crippen molar-refractivity contribution in [2.24, 2.45) is 0 Å². The first-order valence-electron chi connectivity index (χ1n) is 1.29. The smallest absolute Gasteiger partial charge is 0.358 e. The minimum absolute atomic E-state index is 0. The van der Waals surface area contributed by atoms with Crippen molar-refractivity contribution in [2.45, 2.75) is 5.51 Å². The molecule has 0 fully saturated rings. The van der Waals surface area contributed by atoms with E-state index < -0.39 is 15.6 Å². The van der Waals surface area contributed by atoms with E-state index in [0.29, 0.717) is 0 Å². The second-order valence-electron chi connectivity index (χ2n) is 0.921. The van der Waals surface area contributed by atoms with Gasteiger partial charge in [0, 0.05) is 0 Å². The van der Waals surface area contributed by atoms with E-state index in [1.165, 1.54) is 0 Å². The standard InChI is InChI=1S/CHF3O3S.CH3.Li/c2-1(3,4)8(5,6)7;;/h(H,5,6,7);1H3;/q;-1;+1. The van der Waals surface area contributed by atoms with Crippen molar-refractivity contribution in [3.8, 4) is 0 Å². The van der Waals surface area contributed by atoms with Gasteiger partial charge in [0.2, 0.25) is 0 Å². The van der Waals surface area contributed by atoms with E-state index in [2.05, 4.69) is 0 Å². The molecule has 1 N–H and O–H groups in total. The summed E-state index contributed by atoms with van der Waals surface area (Å²) < 4.78 is 57.5. The molecule has 0 amide bonds. The van der Waals surface area contributed by atoms with Crippen LogP contribution in [0.1, 0.15) is 0 Å². The van der Waals surface area contributed by atoms with Crippen LogP contribution in [0.2, 0.25) is 0 Å². The fourth-order valence-corrected chi connectivity index (χ4v) is 0. The third-order valence-electron chi connectivity index (χ3n) is 0.292. The van der Waals surface area contributed by atoms with Crippen molar-refractivity contribution in [2.75, 3.05) is 0 Å².